The first-order valence-electron chi connectivity index (χ1n) is 21.8. The molecule has 2 unspecified atom stereocenters. The Labute approximate surface area is 324 Å². The number of benzene rings is 7. The lowest BCUT2D eigenvalue weighted by molar-refractivity contribution is 0.342. The van der Waals surface area contributed by atoms with Gasteiger partial charge in [-0.05, 0) is 123 Å². The van der Waals surface area contributed by atoms with Crippen molar-refractivity contribution in [3.05, 3.63) is 88.9 Å². The van der Waals surface area contributed by atoms with Gasteiger partial charge in [-0.15, -0.1) is 0 Å². The molecule has 0 aliphatic heterocycles. The Morgan fingerprint density at radius 1 is 0.482 bits per heavy atom. The molecule has 56 heavy (non-hydrogen) atoms. The SMILES string of the molecule is CCCC(C)c1cc2cc3c(=O)n(C4CCCCC4)c(=O)c4c(C(C)CCC)c5ccc6cc7c(=O)n(C8CCCCC8)c(=O)c8cc1c1c2c(c34)c5c6c1c78. The molecule has 2 aliphatic rings. The van der Waals surface area contributed by atoms with E-state index in [9.17, 15) is 9.59 Å². The molecule has 2 atom stereocenters. The third kappa shape index (κ3) is 4.34. The van der Waals surface area contributed by atoms with E-state index in [0.29, 0.717) is 21.5 Å². The van der Waals surface area contributed by atoms with Crippen molar-refractivity contribution in [1.82, 2.24) is 9.13 Å². The zero-order valence-electron chi connectivity index (χ0n) is 33.2. The van der Waals surface area contributed by atoms with Crippen LogP contribution >= 0.6 is 0 Å². The van der Waals surface area contributed by atoms with Crippen molar-refractivity contribution in [2.75, 3.05) is 0 Å². The predicted molar refractivity (Wildman–Crippen MR) is 234 cm³/mol. The van der Waals surface area contributed by atoms with Crippen molar-refractivity contribution in [3.63, 3.8) is 0 Å². The fraction of sp³-hybridized carbons (Fsp3) is 0.440. The van der Waals surface area contributed by atoms with Gasteiger partial charge in [0.1, 0.15) is 0 Å². The van der Waals surface area contributed by atoms with E-state index in [-0.39, 0.29) is 46.2 Å². The van der Waals surface area contributed by atoms with Gasteiger partial charge in [-0.3, -0.25) is 28.3 Å². The van der Waals surface area contributed by atoms with Crippen LogP contribution < -0.4 is 22.2 Å². The lowest BCUT2D eigenvalue weighted by atomic mass is 9.75. The van der Waals surface area contributed by atoms with Gasteiger partial charge in [0.2, 0.25) is 0 Å². The summed E-state index contributed by atoms with van der Waals surface area (Å²) in [6, 6.07) is 12.8. The average molecular weight is 743 g/mol. The maximum Gasteiger partial charge on any atom is 0.261 e. The summed E-state index contributed by atoms with van der Waals surface area (Å²) in [7, 11) is 0. The molecule has 0 bridgehead atoms. The smallest absolute Gasteiger partial charge is 0.261 e. The third-order valence-corrected chi connectivity index (χ3v) is 14.8. The number of nitrogens with zero attached hydrogens (tertiary/aromatic N) is 2. The molecule has 284 valence electrons. The van der Waals surface area contributed by atoms with Crippen LogP contribution in [0.3, 0.4) is 0 Å². The highest BCUT2D eigenvalue weighted by Crippen LogP contribution is 2.54. The molecule has 6 nitrogen and oxygen atoms in total. The number of hydrogen-bond acceptors (Lipinski definition) is 4. The first-order chi connectivity index (χ1) is 27.2. The second-order valence-electron chi connectivity index (χ2n) is 18.1. The molecular weight excluding hydrogens is 693 g/mol. The van der Waals surface area contributed by atoms with Crippen LogP contribution in [-0.4, -0.2) is 9.13 Å². The van der Waals surface area contributed by atoms with Gasteiger partial charge in [-0.25, -0.2) is 0 Å². The van der Waals surface area contributed by atoms with Gasteiger partial charge in [-0.2, -0.15) is 0 Å². The summed E-state index contributed by atoms with van der Waals surface area (Å²) in [5.41, 5.74) is 1.60. The molecule has 2 saturated carbocycles. The zero-order chi connectivity index (χ0) is 38.3. The molecule has 2 fully saturated rings. The molecule has 7 aromatic carbocycles. The monoisotopic (exact) mass is 742 g/mol. The molecule has 6 heteroatoms. The Bertz CT molecular complexity index is 3230. The molecule has 0 N–H and O–H groups in total. The van der Waals surface area contributed by atoms with Crippen molar-refractivity contribution in [1.29, 1.82) is 0 Å². The zero-order valence-corrected chi connectivity index (χ0v) is 33.2. The van der Waals surface area contributed by atoms with Crippen LogP contribution in [0.25, 0.3) is 86.2 Å². The molecule has 0 spiro atoms. The molecule has 2 heterocycles. The largest absolute Gasteiger partial charge is 0.271 e. The van der Waals surface area contributed by atoms with E-state index < -0.39 is 0 Å². The Morgan fingerprint density at radius 3 is 1.62 bits per heavy atom. The summed E-state index contributed by atoms with van der Waals surface area (Å²) in [5, 5.41) is 14.5. The fourth-order valence-corrected chi connectivity index (χ4v) is 12.4. The average Bonchev–Trinajstić information content (AvgIpc) is 3.21. The summed E-state index contributed by atoms with van der Waals surface area (Å²) in [6.07, 6.45) is 13.7. The number of aromatic nitrogens is 2. The standard InChI is InChI=1S/C50H50N2O4/c1-5-13-25(3)32-22-28-23-35-43-45-39(28)42-33(32)24-36-40-34(47(53)51(49(36)55)29-15-9-7-10-16-29)21-27-19-20-31(41(45)38(27)44(40)42)37(26(4)14-6-2)46(43)50(56)52(48(35)54)30-17-11-8-12-18-30/h19-26,29-30H,5-18H2,1-4H3. The van der Waals surface area contributed by atoms with Crippen molar-refractivity contribution < 1.29 is 0 Å². The number of hydrogen-bond donors (Lipinski definition) is 0. The van der Waals surface area contributed by atoms with E-state index in [1.54, 1.807) is 9.13 Å². The van der Waals surface area contributed by atoms with Crippen LogP contribution in [0.4, 0.5) is 0 Å². The van der Waals surface area contributed by atoms with E-state index in [0.717, 1.165) is 160 Å². The van der Waals surface area contributed by atoms with Gasteiger partial charge in [0.05, 0.1) is 5.39 Å². The molecular formula is C50H50N2O4. The van der Waals surface area contributed by atoms with Crippen molar-refractivity contribution >= 4 is 86.2 Å². The molecule has 2 aliphatic carbocycles. The van der Waals surface area contributed by atoms with Crippen LogP contribution in [-0.2, 0) is 0 Å². The second kappa shape index (κ2) is 12.3. The minimum absolute atomic E-state index is 0.0802. The van der Waals surface area contributed by atoms with E-state index in [1.165, 1.54) is 5.56 Å². The number of pyridine rings is 2. The minimum atomic E-state index is -0.171. The van der Waals surface area contributed by atoms with Crippen LogP contribution in [0, 0.1) is 0 Å². The first kappa shape index (κ1) is 34.4. The summed E-state index contributed by atoms with van der Waals surface area (Å²) in [4.78, 5) is 59.9. The molecule has 0 radical (unpaired) electrons. The van der Waals surface area contributed by atoms with Crippen molar-refractivity contribution in [2.24, 2.45) is 0 Å². The van der Waals surface area contributed by atoms with Crippen LogP contribution in [0.1, 0.15) is 153 Å². The van der Waals surface area contributed by atoms with Gasteiger partial charge in [0.25, 0.3) is 22.2 Å². The van der Waals surface area contributed by atoms with Crippen LogP contribution in [0.5, 0.6) is 0 Å². The quantitative estimate of drug-likeness (QED) is 0.115. The second-order valence-corrected chi connectivity index (χ2v) is 18.1. The van der Waals surface area contributed by atoms with Crippen LogP contribution in [0.2, 0.25) is 0 Å². The highest BCUT2D eigenvalue weighted by molar-refractivity contribution is 6.50. The first-order valence-corrected chi connectivity index (χ1v) is 21.8. The Kier molecular flexibility index (Phi) is 7.58. The van der Waals surface area contributed by atoms with E-state index in [1.807, 2.05) is 0 Å². The third-order valence-electron chi connectivity index (χ3n) is 14.8. The van der Waals surface area contributed by atoms with Crippen molar-refractivity contribution in [3.8, 4) is 0 Å². The molecule has 0 saturated heterocycles. The Morgan fingerprint density at radius 2 is 0.982 bits per heavy atom. The Hall–Kier alpha value is -4.84. The normalized spacial score (nSPS) is 17.9. The van der Waals surface area contributed by atoms with E-state index in [2.05, 4.69) is 64.1 Å². The summed E-state index contributed by atoms with van der Waals surface area (Å²) < 4.78 is 3.28. The number of rotatable bonds is 8. The molecule has 11 rings (SSSR count). The predicted octanol–water partition coefficient (Wildman–Crippen LogP) is 12.0. The fourth-order valence-electron chi connectivity index (χ4n) is 12.4. The topological polar surface area (TPSA) is 78.1 Å². The summed E-state index contributed by atoms with van der Waals surface area (Å²) in [6.45, 7) is 8.93. The highest BCUT2D eigenvalue weighted by Gasteiger charge is 2.33. The molecule has 0 amide bonds. The highest BCUT2D eigenvalue weighted by atomic mass is 16.2. The van der Waals surface area contributed by atoms with Gasteiger partial charge in [-0.1, -0.05) is 97.3 Å². The lowest BCUT2D eigenvalue weighted by Gasteiger charge is -2.29. The molecule has 9 aromatic rings. The summed E-state index contributed by atoms with van der Waals surface area (Å²) in [5.74, 6) is 0.284. The molecule has 2 aromatic heterocycles. The van der Waals surface area contributed by atoms with Crippen LogP contribution in [0.15, 0.2) is 55.6 Å². The van der Waals surface area contributed by atoms with Gasteiger partial charge < -0.3 is 0 Å². The lowest BCUT2D eigenvalue weighted by Crippen LogP contribution is -2.38. The Balaban J connectivity index is 1.44. The van der Waals surface area contributed by atoms with Crippen molar-refractivity contribution in [2.45, 2.75) is 142 Å². The van der Waals surface area contributed by atoms with Gasteiger partial charge >= 0.3 is 0 Å². The van der Waals surface area contributed by atoms with E-state index >= 15 is 9.59 Å². The van der Waals surface area contributed by atoms with E-state index in [4.69, 9.17) is 0 Å². The minimum Gasteiger partial charge on any atom is -0.271 e. The maximum atomic E-state index is 15.2. The maximum absolute atomic E-state index is 15.2. The van der Waals surface area contributed by atoms with Gasteiger partial charge in [0, 0.05) is 49.8 Å². The summed E-state index contributed by atoms with van der Waals surface area (Å²) >= 11 is 0. The van der Waals surface area contributed by atoms with Gasteiger partial charge in [0.15, 0.2) is 0 Å².